The van der Waals surface area contributed by atoms with E-state index in [2.05, 4.69) is 44.2 Å². The molecule has 0 heterocycles. The van der Waals surface area contributed by atoms with Crippen LogP contribution in [0.5, 0.6) is 5.75 Å². The first-order valence-corrected chi connectivity index (χ1v) is 6.67. The number of hydrogen-bond acceptors (Lipinski definition) is 2. The summed E-state index contributed by atoms with van der Waals surface area (Å²) < 4.78 is 5.81. The fraction of sp³-hybridized carbons (Fsp3) is 0.294. The summed E-state index contributed by atoms with van der Waals surface area (Å²) in [6.07, 6.45) is 0.914. The summed E-state index contributed by atoms with van der Waals surface area (Å²) in [7, 11) is 0. The van der Waals surface area contributed by atoms with E-state index in [0.717, 1.165) is 12.2 Å². The first kappa shape index (κ1) is 13.6. The number of nitrogens with two attached hydrogens (primary N) is 1. The van der Waals surface area contributed by atoms with Gasteiger partial charge in [-0.25, -0.2) is 0 Å². The molecule has 2 heteroatoms. The summed E-state index contributed by atoms with van der Waals surface area (Å²) in [4.78, 5) is 0. The SMILES string of the molecule is Cc1ccc(COc2ccc(CCN)cc2)c(C)c1. The maximum absolute atomic E-state index is 5.81. The minimum absolute atomic E-state index is 0.613. The lowest BCUT2D eigenvalue weighted by Gasteiger charge is -2.10. The molecule has 0 aliphatic rings. The van der Waals surface area contributed by atoms with Crippen LogP contribution >= 0.6 is 0 Å². The standard InChI is InChI=1S/C17H21NO/c1-13-3-6-16(14(2)11-13)12-19-17-7-4-15(5-8-17)9-10-18/h3-8,11H,9-10,12,18H2,1-2H3. The molecule has 0 fully saturated rings. The summed E-state index contributed by atoms with van der Waals surface area (Å²) in [6.45, 7) is 5.52. The monoisotopic (exact) mass is 255 g/mol. The van der Waals surface area contributed by atoms with Crippen molar-refractivity contribution in [2.75, 3.05) is 6.54 Å². The fourth-order valence-corrected chi connectivity index (χ4v) is 2.09. The van der Waals surface area contributed by atoms with Gasteiger partial charge < -0.3 is 10.5 Å². The summed E-state index contributed by atoms with van der Waals surface area (Å²) in [5, 5.41) is 0. The van der Waals surface area contributed by atoms with Crippen molar-refractivity contribution in [1.29, 1.82) is 0 Å². The van der Waals surface area contributed by atoms with Gasteiger partial charge in [-0.1, -0.05) is 35.9 Å². The van der Waals surface area contributed by atoms with Crippen LogP contribution in [0, 0.1) is 13.8 Å². The molecule has 2 nitrogen and oxygen atoms in total. The van der Waals surface area contributed by atoms with Gasteiger partial charge in [-0.2, -0.15) is 0 Å². The van der Waals surface area contributed by atoms with Crippen molar-refractivity contribution in [1.82, 2.24) is 0 Å². The van der Waals surface area contributed by atoms with Gasteiger partial charge in [0.15, 0.2) is 0 Å². The Balaban J connectivity index is 1.98. The predicted octanol–water partition coefficient (Wildman–Crippen LogP) is 3.38. The number of rotatable bonds is 5. The number of benzene rings is 2. The zero-order valence-corrected chi connectivity index (χ0v) is 11.6. The van der Waals surface area contributed by atoms with E-state index >= 15 is 0 Å². The second kappa shape index (κ2) is 6.39. The van der Waals surface area contributed by atoms with Gasteiger partial charge in [0.25, 0.3) is 0 Å². The number of aryl methyl sites for hydroxylation is 2. The van der Waals surface area contributed by atoms with E-state index in [-0.39, 0.29) is 0 Å². The van der Waals surface area contributed by atoms with Crippen LogP contribution in [0.15, 0.2) is 42.5 Å². The van der Waals surface area contributed by atoms with Crippen LogP contribution in [0.2, 0.25) is 0 Å². The Morgan fingerprint density at radius 1 is 1.00 bits per heavy atom. The molecule has 2 aromatic rings. The molecule has 0 radical (unpaired) electrons. The molecule has 0 saturated heterocycles. The highest BCUT2D eigenvalue weighted by molar-refractivity contribution is 5.31. The average Bonchev–Trinajstić information content (AvgIpc) is 2.40. The molecule has 2 N–H and O–H groups in total. The van der Waals surface area contributed by atoms with Crippen LogP contribution in [0.25, 0.3) is 0 Å². The minimum atomic E-state index is 0.613. The van der Waals surface area contributed by atoms with Gasteiger partial charge in [0, 0.05) is 0 Å². The minimum Gasteiger partial charge on any atom is -0.489 e. The Labute approximate surface area is 115 Å². The van der Waals surface area contributed by atoms with Crippen LogP contribution in [0.3, 0.4) is 0 Å². The van der Waals surface area contributed by atoms with Gasteiger partial charge in [0.1, 0.15) is 12.4 Å². The molecule has 2 rings (SSSR count). The second-order valence-corrected chi connectivity index (χ2v) is 4.90. The maximum atomic E-state index is 5.81. The predicted molar refractivity (Wildman–Crippen MR) is 79.4 cm³/mol. The van der Waals surface area contributed by atoms with Crippen molar-refractivity contribution in [2.45, 2.75) is 26.9 Å². The largest absolute Gasteiger partial charge is 0.489 e. The van der Waals surface area contributed by atoms with Crippen molar-refractivity contribution >= 4 is 0 Å². The zero-order chi connectivity index (χ0) is 13.7. The lowest BCUT2D eigenvalue weighted by Crippen LogP contribution is -2.02. The van der Waals surface area contributed by atoms with E-state index in [1.807, 2.05) is 12.1 Å². The zero-order valence-electron chi connectivity index (χ0n) is 11.6. The van der Waals surface area contributed by atoms with Crippen LogP contribution in [0.1, 0.15) is 22.3 Å². The summed E-state index contributed by atoms with van der Waals surface area (Å²) >= 11 is 0. The maximum Gasteiger partial charge on any atom is 0.119 e. The Hall–Kier alpha value is -1.80. The molecule has 0 amide bonds. The van der Waals surface area contributed by atoms with E-state index in [4.69, 9.17) is 10.5 Å². The van der Waals surface area contributed by atoms with E-state index in [9.17, 15) is 0 Å². The molecule has 19 heavy (non-hydrogen) atoms. The van der Waals surface area contributed by atoms with Gasteiger partial charge in [-0.3, -0.25) is 0 Å². The third-order valence-corrected chi connectivity index (χ3v) is 3.25. The van der Waals surface area contributed by atoms with Crippen LogP contribution in [-0.4, -0.2) is 6.54 Å². The fourth-order valence-electron chi connectivity index (χ4n) is 2.09. The first-order chi connectivity index (χ1) is 9.19. The summed E-state index contributed by atoms with van der Waals surface area (Å²) in [5.74, 6) is 0.903. The molecular weight excluding hydrogens is 234 g/mol. The Morgan fingerprint density at radius 3 is 2.37 bits per heavy atom. The molecule has 0 spiro atoms. The highest BCUT2D eigenvalue weighted by atomic mass is 16.5. The average molecular weight is 255 g/mol. The van der Waals surface area contributed by atoms with Gasteiger partial charge in [-0.15, -0.1) is 0 Å². The quantitative estimate of drug-likeness (QED) is 0.889. The van der Waals surface area contributed by atoms with Crippen molar-refractivity contribution in [3.05, 3.63) is 64.7 Å². The molecule has 0 unspecified atom stereocenters. The Morgan fingerprint density at radius 2 is 1.74 bits per heavy atom. The van der Waals surface area contributed by atoms with Gasteiger partial charge in [0.05, 0.1) is 0 Å². The van der Waals surface area contributed by atoms with E-state index in [0.29, 0.717) is 13.2 Å². The van der Waals surface area contributed by atoms with Crippen LogP contribution < -0.4 is 10.5 Å². The topological polar surface area (TPSA) is 35.2 Å². The molecule has 0 saturated carbocycles. The Bertz CT molecular complexity index is 531. The molecule has 0 aliphatic heterocycles. The van der Waals surface area contributed by atoms with Crippen molar-refractivity contribution in [3.63, 3.8) is 0 Å². The summed E-state index contributed by atoms with van der Waals surface area (Å²) in [6, 6.07) is 14.6. The number of hydrogen-bond donors (Lipinski definition) is 1. The van der Waals surface area contributed by atoms with Gasteiger partial charge >= 0.3 is 0 Å². The number of ether oxygens (including phenoxy) is 1. The highest BCUT2D eigenvalue weighted by Crippen LogP contribution is 2.16. The molecule has 0 aliphatic carbocycles. The van der Waals surface area contributed by atoms with Crippen LogP contribution in [0.4, 0.5) is 0 Å². The molecule has 2 aromatic carbocycles. The molecular formula is C17H21NO. The summed E-state index contributed by atoms with van der Waals surface area (Å²) in [5.41, 5.74) is 10.6. The van der Waals surface area contributed by atoms with Crippen molar-refractivity contribution < 1.29 is 4.74 Å². The lowest BCUT2D eigenvalue weighted by molar-refractivity contribution is 0.305. The van der Waals surface area contributed by atoms with Crippen molar-refractivity contribution in [2.24, 2.45) is 5.73 Å². The van der Waals surface area contributed by atoms with E-state index in [1.54, 1.807) is 0 Å². The Kier molecular flexibility index (Phi) is 4.58. The second-order valence-electron chi connectivity index (χ2n) is 4.90. The van der Waals surface area contributed by atoms with Gasteiger partial charge in [-0.05, 0) is 55.6 Å². The molecule has 100 valence electrons. The van der Waals surface area contributed by atoms with Gasteiger partial charge in [0.2, 0.25) is 0 Å². The van der Waals surface area contributed by atoms with Crippen LogP contribution in [-0.2, 0) is 13.0 Å². The smallest absolute Gasteiger partial charge is 0.119 e. The third kappa shape index (κ3) is 3.83. The van der Waals surface area contributed by atoms with E-state index in [1.165, 1.54) is 22.3 Å². The molecule has 0 bridgehead atoms. The molecule has 0 aromatic heterocycles. The molecule has 0 atom stereocenters. The van der Waals surface area contributed by atoms with Crippen molar-refractivity contribution in [3.8, 4) is 5.75 Å². The highest BCUT2D eigenvalue weighted by Gasteiger charge is 2.00. The first-order valence-electron chi connectivity index (χ1n) is 6.67. The lowest BCUT2D eigenvalue weighted by atomic mass is 10.1. The third-order valence-electron chi connectivity index (χ3n) is 3.25. The van der Waals surface area contributed by atoms with E-state index < -0.39 is 0 Å². The normalized spacial score (nSPS) is 10.5.